The average molecular weight is 335 g/mol. The molecule has 122 valence electrons. The van der Waals surface area contributed by atoms with E-state index in [1.165, 1.54) is 10.6 Å². The van der Waals surface area contributed by atoms with Gasteiger partial charge in [-0.3, -0.25) is 4.68 Å². The maximum atomic E-state index is 11.8. The molecule has 0 unspecified atom stereocenters. The zero-order valence-corrected chi connectivity index (χ0v) is 13.7. The number of rotatable bonds is 2. The topological polar surface area (TPSA) is 98.3 Å². The van der Waals surface area contributed by atoms with Gasteiger partial charge in [-0.05, 0) is 12.8 Å². The number of nitrogens with zero attached hydrogens (tertiary/aromatic N) is 7. The molecule has 0 spiro atoms. The van der Waals surface area contributed by atoms with Crippen LogP contribution >= 0.6 is 0 Å². The van der Waals surface area contributed by atoms with Crippen LogP contribution in [-0.4, -0.2) is 61.4 Å². The van der Waals surface area contributed by atoms with Crippen molar-refractivity contribution in [1.82, 2.24) is 33.7 Å². The number of aryl methyl sites for hydroxylation is 1. The van der Waals surface area contributed by atoms with Gasteiger partial charge < -0.3 is 0 Å². The van der Waals surface area contributed by atoms with E-state index in [1.807, 2.05) is 7.05 Å². The second-order valence-corrected chi connectivity index (χ2v) is 7.93. The van der Waals surface area contributed by atoms with Crippen LogP contribution in [-0.2, 0) is 17.1 Å². The van der Waals surface area contributed by atoms with E-state index in [-0.39, 0.29) is 5.92 Å². The molecule has 1 saturated heterocycles. The van der Waals surface area contributed by atoms with Crippen molar-refractivity contribution in [2.45, 2.75) is 18.8 Å². The SMILES string of the molecule is Cn1ncc2c1ncn1nc([C@@H]3CCCN(S(C)(=O)=O)C3)nc21. The highest BCUT2D eigenvalue weighted by molar-refractivity contribution is 7.88. The van der Waals surface area contributed by atoms with Gasteiger partial charge in [0.1, 0.15) is 6.33 Å². The molecule has 1 aliphatic heterocycles. The lowest BCUT2D eigenvalue weighted by atomic mass is 9.99. The maximum absolute atomic E-state index is 11.8. The summed E-state index contributed by atoms with van der Waals surface area (Å²) in [7, 11) is -1.36. The first-order chi connectivity index (χ1) is 10.9. The fraction of sp³-hybridized carbons (Fsp3) is 0.538. The molecule has 0 radical (unpaired) electrons. The summed E-state index contributed by atoms with van der Waals surface area (Å²) in [6, 6.07) is 0. The minimum Gasteiger partial charge on any atom is -0.250 e. The third kappa shape index (κ3) is 2.38. The highest BCUT2D eigenvalue weighted by Gasteiger charge is 2.29. The fourth-order valence-electron chi connectivity index (χ4n) is 3.08. The van der Waals surface area contributed by atoms with Crippen molar-refractivity contribution in [3.8, 4) is 0 Å². The van der Waals surface area contributed by atoms with Gasteiger partial charge in [0, 0.05) is 26.1 Å². The number of fused-ring (bicyclic) bond motifs is 3. The van der Waals surface area contributed by atoms with Gasteiger partial charge in [-0.15, -0.1) is 5.10 Å². The van der Waals surface area contributed by atoms with Gasteiger partial charge in [-0.2, -0.15) is 5.10 Å². The first-order valence-corrected chi connectivity index (χ1v) is 9.26. The molecule has 0 aromatic carbocycles. The van der Waals surface area contributed by atoms with Gasteiger partial charge in [0.25, 0.3) is 0 Å². The Morgan fingerprint density at radius 3 is 2.91 bits per heavy atom. The van der Waals surface area contributed by atoms with Crippen LogP contribution in [0.25, 0.3) is 16.7 Å². The van der Waals surface area contributed by atoms with Crippen molar-refractivity contribution >= 4 is 26.7 Å². The lowest BCUT2D eigenvalue weighted by Crippen LogP contribution is -2.38. The molecule has 0 amide bonds. The van der Waals surface area contributed by atoms with Gasteiger partial charge >= 0.3 is 0 Å². The Balaban J connectivity index is 1.76. The van der Waals surface area contributed by atoms with E-state index in [1.54, 1.807) is 21.7 Å². The Kier molecular flexibility index (Phi) is 3.13. The van der Waals surface area contributed by atoms with E-state index in [0.717, 1.165) is 23.9 Å². The zero-order valence-electron chi connectivity index (χ0n) is 12.9. The van der Waals surface area contributed by atoms with Crippen LogP contribution < -0.4 is 0 Å². The number of aromatic nitrogens is 6. The molecule has 0 aliphatic carbocycles. The summed E-state index contributed by atoms with van der Waals surface area (Å²) in [4.78, 5) is 8.97. The minimum atomic E-state index is -3.18. The summed E-state index contributed by atoms with van der Waals surface area (Å²) in [6.45, 7) is 0.996. The monoisotopic (exact) mass is 335 g/mol. The standard InChI is InChI=1S/C13H17N7O2S/c1-18-12-10(6-15-18)13-16-11(17-20(13)8-14-12)9-4-3-5-19(7-9)23(2,21)22/h6,8-9H,3-5,7H2,1-2H3/t9-/m1/s1. The predicted octanol–water partition coefficient (Wildman–Crippen LogP) is 0.150. The largest absolute Gasteiger partial charge is 0.250 e. The van der Waals surface area contributed by atoms with Crippen LogP contribution in [0.3, 0.4) is 0 Å². The van der Waals surface area contributed by atoms with Crippen molar-refractivity contribution in [3.63, 3.8) is 0 Å². The van der Waals surface area contributed by atoms with Crippen LogP contribution in [0.4, 0.5) is 0 Å². The minimum absolute atomic E-state index is 0.00472. The molecule has 1 atom stereocenters. The van der Waals surface area contributed by atoms with E-state index < -0.39 is 10.0 Å². The smallest absolute Gasteiger partial charge is 0.211 e. The van der Waals surface area contributed by atoms with E-state index in [0.29, 0.717) is 24.6 Å². The lowest BCUT2D eigenvalue weighted by molar-refractivity contribution is 0.311. The highest BCUT2D eigenvalue weighted by Crippen LogP contribution is 2.27. The molecule has 0 N–H and O–H groups in total. The highest BCUT2D eigenvalue weighted by atomic mass is 32.2. The third-order valence-corrected chi connectivity index (χ3v) is 5.57. The second kappa shape index (κ2) is 4.96. The van der Waals surface area contributed by atoms with Crippen LogP contribution in [0.1, 0.15) is 24.6 Å². The summed E-state index contributed by atoms with van der Waals surface area (Å²) in [5.74, 6) is 0.668. The van der Waals surface area contributed by atoms with E-state index >= 15 is 0 Å². The van der Waals surface area contributed by atoms with Crippen molar-refractivity contribution in [3.05, 3.63) is 18.3 Å². The molecule has 0 bridgehead atoms. The van der Waals surface area contributed by atoms with Gasteiger partial charge in [0.05, 0.1) is 17.8 Å². The summed E-state index contributed by atoms with van der Waals surface area (Å²) >= 11 is 0. The Hall–Kier alpha value is -2.07. The van der Waals surface area contributed by atoms with Crippen LogP contribution in [0.2, 0.25) is 0 Å². The molecule has 4 heterocycles. The molecule has 23 heavy (non-hydrogen) atoms. The van der Waals surface area contributed by atoms with E-state index in [4.69, 9.17) is 0 Å². The summed E-state index contributed by atoms with van der Waals surface area (Å²) in [5.41, 5.74) is 1.45. The Labute approximate surface area is 133 Å². The first-order valence-electron chi connectivity index (χ1n) is 7.41. The Morgan fingerprint density at radius 2 is 2.13 bits per heavy atom. The number of sulfonamides is 1. The predicted molar refractivity (Wildman–Crippen MR) is 83.4 cm³/mol. The summed E-state index contributed by atoms with van der Waals surface area (Å²) in [5, 5.41) is 9.53. The molecule has 9 nitrogen and oxygen atoms in total. The number of hydrogen-bond acceptors (Lipinski definition) is 6. The quantitative estimate of drug-likeness (QED) is 0.661. The molecular formula is C13H17N7O2S. The lowest BCUT2D eigenvalue weighted by Gasteiger charge is -2.29. The molecule has 1 aliphatic rings. The van der Waals surface area contributed by atoms with Crippen LogP contribution in [0.5, 0.6) is 0 Å². The zero-order chi connectivity index (χ0) is 16.2. The normalized spacial score (nSPS) is 20.5. The Bertz CT molecular complexity index is 991. The van der Waals surface area contributed by atoms with Crippen molar-refractivity contribution < 1.29 is 8.42 Å². The van der Waals surface area contributed by atoms with Crippen LogP contribution in [0, 0.1) is 0 Å². The summed E-state index contributed by atoms with van der Waals surface area (Å²) < 4.78 is 28.4. The molecule has 3 aromatic rings. The fourth-order valence-corrected chi connectivity index (χ4v) is 3.99. The number of hydrogen-bond donors (Lipinski definition) is 0. The van der Waals surface area contributed by atoms with Crippen LogP contribution in [0.15, 0.2) is 12.5 Å². The van der Waals surface area contributed by atoms with Gasteiger partial charge in [-0.1, -0.05) is 0 Å². The molecule has 4 rings (SSSR count). The van der Waals surface area contributed by atoms with E-state index in [9.17, 15) is 8.42 Å². The first kappa shape index (κ1) is 14.5. The summed E-state index contributed by atoms with van der Waals surface area (Å²) in [6.07, 6.45) is 6.28. The molecular weight excluding hydrogens is 318 g/mol. The molecule has 0 saturated carbocycles. The van der Waals surface area contributed by atoms with Crippen molar-refractivity contribution in [1.29, 1.82) is 0 Å². The Morgan fingerprint density at radius 1 is 1.30 bits per heavy atom. The van der Waals surface area contributed by atoms with Gasteiger partial charge in [0.2, 0.25) is 10.0 Å². The average Bonchev–Trinajstić information content (AvgIpc) is 3.10. The molecule has 1 fully saturated rings. The van der Waals surface area contributed by atoms with Gasteiger partial charge in [-0.25, -0.2) is 27.2 Å². The van der Waals surface area contributed by atoms with Crippen molar-refractivity contribution in [2.75, 3.05) is 19.3 Å². The maximum Gasteiger partial charge on any atom is 0.211 e. The van der Waals surface area contributed by atoms with E-state index in [2.05, 4.69) is 20.2 Å². The molecule has 10 heteroatoms. The van der Waals surface area contributed by atoms with Crippen molar-refractivity contribution in [2.24, 2.45) is 7.05 Å². The second-order valence-electron chi connectivity index (χ2n) is 5.95. The van der Waals surface area contributed by atoms with Gasteiger partial charge in [0.15, 0.2) is 17.1 Å². The number of piperidine rings is 1. The third-order valence-electron chi connectivity index (χ3n) is 4.30. The molecule has 3 aromatic heterocycles.